The molecule has 0 aliphatic rings. The predicted octanol–water partition coefficient (Wildman–Crippen LogP) is 2.37. The Hall–Kier alpha value is -2.39. The molecule has 0 aliphatic heterocycles. The molecule has 3 nitrogen and oxygen atoms in total. The Balaban J connectivity index is 2.73. The molecule has 70 valence electrons. The molecule has 2 aromatic rings. The minimum atomic E-state index is -0.724. The molecule has 0 unspecified atom stereocenters. The van der Waals surface area contributed by atoms with Crippen LogP contribution in [0.4, 0.5) is 0 Å². The third-order valence-electron chi connectivity index (χ3n) is 2.25. The van der Waals surface area contributed by atoms with Gasteiger partial charge >= 0.3 is 0 Å². The standard InChI is InChI=1S/C12H7N3/c13-7-9(8-14)10-5-6-15-12-4-2-1-3-11(10)12/h1-6,9H. The normalized spacial score (nSPS) is 9.80. The molecule has 2 rings (SSSR count). The molecule has 1 aromatic heterocycles. The van der Waals surface area contributed by atoms with Gasteiger partial charge in [0.25, 0.3) is 0 Å². The summed E-state index contributed by atoms with van der Waals surface area (Å²) in [6.45, 7) is 0. The Morgan fingerprint density at radius 1 is 1.07 bits per heavy atom. The smallest absolute Gasteiger partial charge is 0.158 e. The zero-order chi connectivity index (χ0) is 10.7. The van der Waals surface area contributed by atoms with Gasteiger partial charge in [0.15, 0.2) is 5.92 Å². The molecule has 1 aromatic carbocycles. The molecule has 0 N–H and O–H groups in total. The van der Waals surface area contributed by atoms with E-state index in [0.29, 0.717) is 0 Å². The van der Waals surface area contributed by atoms with Crippen LogP contribution in [0.3, 0.4) is 0 Å². The highest BCUT2D eigenvalue weighted by atomic mass is 14.6. The number of para-hydroxylation sites is 1. The molecule has 0 aliphatic carbocycles. The van der Waals surface area contributed by atoms with Crippen LogP contribution in [0.15, 0.2) is 36.5 Å². The van der Waals surface area contributed by atoms with Crippen LogP contribution in [0.1, 0.15) is 11.5 Å². The van der Waals surface area contributed by atoms with Crippen LogP contribution in [0, 0.1) is 22.7 Å². The van der Waals surface area contributed by atoms with Gasteiger partial charge in [-0.25, -0.2) is 0 Å². The second-order valence-corrected chi connectivity index (χ2v) is 3.11. The van der Waals surface area contributed by atoms with Crippen molar-refractivity contribution in [3.8, 4) is 12.1 Å². The molecular formula is C12H7N3. The number of hydrogen-bond acceptors (Lipinski definition) is 3. The van der Waals surface area contributed by atoms with Crippen molar-refractivity contribution in [2.24, 2.45) is 0 Å². The number of nitrogens with zero attached hydrogens (tertiary/aromatic N) is 3. The first kappa shape index (κ1) is 9.18. The minimum absolute atomic E-state index is 0.724. The van der Waals surface area contributed by atoms with E-state index in [4.69, 9.17) is 10.5 Å². The zero-order valence-electron chi connectivity index (χ0n) is 7.88. The van der Waals surface area contributed by atoms with Gasteiger partial charge in [0.1, 0.15) is 0 Å². The van der Waals surface area contributed by atoms with E-state index < -0.39 is 5.92 Å². The van der Waals surface area contributed by atoms with Gasteiger partial charge in [-0.2, -0.15) is 10.5 Å². The Morgan fingerprint density at radius 2 is 1.80 bits per heavy atom. The minimum Gasteiger partial charge on any atom is -0.256 e. The number of aromatic nitrogens is 1. The maximum Gasteiger partial charge on any atom is 0.158 e. The maximum absolute atomic E-state index is 8.85. The molecular weight excluding hydrogens is 186 g/mol. The fourth-order valence-electron chi connectivity index (χ4n) is 1.54. The number of nitriles is 2. The second kappa shape index (κ2) is 3.77. The van der Waals surface area contributed by atoms with Crippen LogP contribution < -0.4 is 0 Å². The summed E-state index contributed by atoms with van der Waals surface area (Å²) < 4.78 is 0. The highest BCUT2D eigenvalue weighted by molar-refractivity contribution is 5.83. The van der Waals surface area contributed by atoms with Gasteiger partial charge < -0.3 is 0 Å². The molecule has 1 heterocycles. The Kier molecular flexibility index (Phi) is 2.31. The van der Waals surface area contributed by atoms with Crippen LogP contribution in [0.2, 0.25) is 0 Å². The van der Waals surface area contributed by atoms with E-state index in [0.717, 1.165) is 16.5 Å². The number of fused-ring (bicyclic) bond motifs is 1. The van der Waals surface area contributed by atoms with Crippen LogP contribution in [-0.2, 0) is 0 Å². The molecule has 0 saturated heterocycles. The molecule has 0 atom stereocenters. The van der Waals surface area contributed by atoms with Crippen LogP contribution >= 0.6 is 0 Å². The van der Waals surface area contributed by atoms with Crippen molar-refractivity contribution in [3.05, 3.63) is 42.1 Å². The van der Waals surface area contributed by atoms with Crippen molar-refractivity contribution in [2.45, 2.75) is 5.92 Å². The first-order valence-electron chi connectivity index (χ1n) is 4.49. The van der Waals surface area contributed by atoms with E-state index in [1.165, 1.54) is 0 Å². The van der Waals surface area contributed by atoms with Crippen LogP contribution in [0.25, 0.3) is 10.9 Å². The maximum atomic E-state index is 8.85. The lowest BCUT2D eigenvalue weighted by molar-refractivity contribution is 1.11. The highest BCUT2D eigenvalue weighted by Gasteiger charge is 2.12. The van der Waals surface area contributed by atoms with E-state index in [9.17, 15) is 0 Å². The number of benzene rings is 1. The summed E-state index contributed by atoms with van der Waals surface area (Å²) in [5, 5.41) is 18.6. The largest absolute Gasteiger partial charge is 0.256 e. The Bertz CT molecular complexity index is 556. The van der Waals surface area contributed by atoms with E-state index in [-0.39, 0.29) is 0 Å². The van der Waals surface area contributed by atoms with Crippen LogP contribution in [-0.4, -0.2) is 4.98 Å². The quantitative estimate of drug-likeness (QED) is 0.698. The molecule has 0 saturated carbocycles. The van der Waals surface area contributed by atoms with Crippen molar-refractivity contribution in [1.82, 2.24) is 4.98 Å². The van der Waals surface area contributed by atoms with Gasteiger partial charge in [-0.15, -0.1) is 0 Å². The highest BCUT2D eigenvalue weighted by Crippen LogP contribution is 2.23. The molecule has 0 amide bonds. The van der Waals surface area contributed by atoms with E-state index in [1.54, 1.807) is 12.3 Å². The number of hydrogen-bond donors (Lipinski definition) is 0. The van der Waals surface area contributed by atoms with Crippen molar-refractivity contribution in [1.29, 1.82) is 10.5 Å². The molecule has 0 spiro atoms. The van der Waals surface area contributed by atoms with Crippen molar-refractivity contribution >= 4 is 10.9 Å². The van der Waals surface area contributed by atoms with Crippen LogP contribution in [0.5, 0.6) is 0 Å². The van der Waals surface area contributed by atoms with Gasteiger partial charge in [0, 0.05) is 11.6 Å². The molecule has 0 radical (unpaired) electrons. The summed E-state index contributed by atoms with van der Waals surface area (Å²) >= 11 is 0. The van der Waals surface area contributed by atoms with E-state index in [2.05, 4.69) is 4.98 Å². The SMILES string of the molecule is N#CC(C#N)c1ccnc2ccccc12. The first-order chi connectivity index (χ1) is 7.36. The summed E-state index contributed by atoms with van der Waals surface area (Å²) in [5.41, 5.74) is 1.54. The number of rotatable bonds is 1. The Morgan fingerprint density at radius 3 is 2.53 bits per heavy atom. The fourth-order valence-corrected chi connectivity index (χ4v) is 1.54. The lowest BCUT2D eigenvalue weighted by atomic mass is 9.98. The molecule has 0 fully saturated rings. The van der Waals surface area contributed by atoms with Crippen molar-refractivity contribution in [2.75, 3.05) is 0 Å². The first-order valence-corrected chi connectivity index (χ1v) is 4.49. The molecule has 0 bridgehead atoms. The zero-order valence-corrected chi connectivity index (χ0v) is 7.88. The molecule has 3 heteroatoms. The average Bonchev–Trinajstić information content (AvgIpc) is 2.31. The third kappa shape index (κ3) is 1.51. The second-order valence-electron chi connectivity index (χ2n) is 3.11. The van der Waals surface area contributed by atoms with E-state index in [1.807, 2.05) is 36.4 Å². The van der Waals surface area contributed by atoms with Crippen molar-refractivity contribution in [3.63, 3.8) is 0 Å². The predicted molar refractivity (Wildman–Crippen MR) is 55.7 cm³/mol. The van der Waals surface area contributed by atoms with Gasteiger partial charge in [-0.1, -0.05) is 18.2 Å². The monoisotopic (exact) mass is 193 g/mol. The summed E-state index contributed by atoms with van der Waals surface area (Å²) in [5.74, 6) is -0.724. The van der Waals surface area contributed by atoms with Gasteiger partial charge in [-0.05, 0) is 17.7 Å². The average molecular weight is 193 g/mol. The topological polar surface area (TPSA) is 60.5 Å². The number of pyridine rings is 1. The Labute approximate surface area is 87.2 Å². The molecule has 15 heavy (non-hydrogen) atoms. The summed E-state index contributed by atoms with van der Waals surface area (Å²) in [7, 11) is 0. The fraction of sp³-hybridized carbons (Fsp3) is 0.0833. The van der Waals surface area contributed by atoms with Crippen molar-refractivity contribution < 1.29 is 0 Å². The summed E-state index contributed by atoms with van der Waals surface area (Å²) in [6, 6.07) is 13.2. The van der Waals surface area contributed by atoms with Gasteiger partial charge in [0.05, 0.1) is 17.7 Å². The van der Waals surface area contributed by atoms with E-state index >= 15 is 0 Å². The lowest BCUT2D eigenvalue weighted by Crippen LogP contribution is -1.94. The van der Waals surface area contributed by atoms with Gasteiger partial charge in [0.2, 0.25) is 0 Å². The summed E-state index contributed by atoms with van der Waals surface area (Å²) in [6.07, 6.45) is 1.62. The lowest BCUT2D eigenvalue weighted by Gasteiger charge is -2.04. The third-order valence-corrected chi connectivity index (χ3v) is 2.25. The summed E-state index contributed by atoms with van der Waals surface area (Å²) in [4.78, 5) is 4.17. The van der Waals surface area contributed by atoms with Gasteiger partial charge in [-0.3, -0.25) is 4.98 Å².